The number of hydrogen-bond donors (Lipinski definition) is 2. The van der Waals surface area contributed by atoms with Crippen LogP contribution in [0.3, 0.4) is 0 Å². The first kappa shape index (κ1) is 29.7. The Hall–Kier alpha value is -4.79. The summed E-state index contributed by atoms with van der Waals surface area (Å²) < 4.78 is 16.9. The number of rotatable bonds is 10. The van der Waals surface area contributed by atoms with Crippen LogP contribution in [0.4, 0.5) is 0 Å². The zero-order valence-corrected chi connectivity index (χ0v) is 24.8. The zero-order chi connectivity index (χ0) is 30.3. The quantitative estimate of drug-likeness (QED) is 0.0719. The number of para-hydroxylation sites is 1. The standard InChI is InChI=1S/C33H27Cl2N3O5/c1-3-41-27-15-14-21(16-28(27)42-4-2)33(40)43-26-13-9-8-12-22(26)19-36-38-32(39)31-29(20-10-6-5-7-11-20)24-17-23(34)18-25(35)30(24)37-31/h5-19,37H,3-4H2,1-2H3,(H,38,39). The maximum absolute atomic E-state index is 13.4. The number of hydrazone groups is 1. The van der Waals surface area contributed by atoms with E-state index in [9.17, 15) is 9.59 Å². The number of aromatic amines is 1. The predicted molar refractivity (Wildman–Crippen MR) is 169 cm³/mol. The second kappa shape index (κ2) is 13.5. The van der Waals surface area contributed by atoms with E-state index in [1.165, 1.54) is 6.21 Å². The van der Waals surface area contributed by atoms with Gasteiger partial charge in [-0.25, -0.2) is 10.2 Å². The lowest BCUT2D eigenvalue weighted by Crippen LogP contribution is -2.19. The molecule has 10 heteroatoms. The van der Waals surface area contributed by atoms with Gasteiger partial charge in [-0.2, -0.15) is 5.10 Å². The van der Waals surface area contributed by atoms with E-state index in [1.54, 1.807) is 54.6 Å². The van der Waals surface area contributed by atoms with E-state index in [2.05, 4.69) is 15.5 Å². The molecular formula is C33H27Cl2N3O5. The smallest absolute Gasteiger partial charge is 0.343 e. The molecule has 1 heterocycles. The normalized spacial score (nSPS) is 11.1. The maximum atomic E-state index is 13.4. The maximum Gasteiger partial charge on any atom is 0.343 e. The van der Waals surface area contributed by atoms with Crippen molar-refractivity contribution in [2.24, 2.45) is 5.10 Å². The van der Waals surface area contributed by atoms with Crippen molar-refractivity contribution in [1.29, 1.82) is 0 Å². The minimum atomic E-state index is -0.588. The van der Waals surface area contributed by atoms with Gasteiger partial charge in [-0.15, -0.1) is 0 Å². The van der Waals surface area contributed by atoms with E-state index in [0.29, 0.717) is 56.8 Å². The van der Waals surface area contributed by atoms with Gasteiger partial charge in [-0.1, -0.05) is 65.7 Å². The second-order valence-electron chi connectivity index (χ2n) is 9.21. The number of aromatic nitrogens is 1. The highest BCUT2D eigenvalue weighted by atomic mass is 35.5. The van der Waals surface area contributed by atoms with Gasteiger partial charge in [0, 0.05) is 21.5 Å². The van der Waals surface area contributed by atoms with Gasteiger partial charge in [-0.05, 0) is 61.9 Å². The van der Waals surface area contributed by atoms with E-state index in [1.807, 2.05) is 44.2 Å². The molecule has 0 aliphatic rings. The minimum Gasteiger partial charge on any atom is -0.490 e. The third kappa shape index (κ3) is 6.66. The van der Waals surface area contributed by atoms with Gasteiger partial charge in [0.25, 0.3) is 5.91 Å². The van der Waals surface area contributed by atoms with E-state index in [-0.39, 0.29) is 17.0 Å². The summed E-state index contributed by atoms with van der Waals surface area (Å²) in [7, 11) is 0. The molecule has 0 saturated carbocycles. The Morgan fingerprint density at radius 1 is 0.860 bits per heavy atom. The van der Waals surface area contributed by atoms with Crippen LogP contribution in [0.25, 0.3) is 22.0 Å². The van der Waals surface area contributed by atoms with Crippen LogP contribution < -0.4 is 19.6 Å². The van der Waals surface area contributed by atoms with Crippen LogP contribution >= 0.6 is 23.2 Å². The lowest BCUT2D eigenvalue weighted by Gasteiger charge is -2.12. The summed E-state index contributed by atoms with van der Waals surface area (Å²) in [6, 6.07) is 24.5. The SMILES string of the molecule is CCOc1ccc(C(=O)Oc2ccccc2C=NNC(=O)c2[nH]c3c(Cl)cc(Cl)cc3c2-c2ccccc2)cc1OCC. The summed E-state index contributed by atoms with van der Waals surface area (Å²) in [6.45, 7) is 4.59. The number of hydrogen-bond acceptors (Lipinski definition) is 6. The van der Waals surface area contributed by atoms with E-state index in [4.69, 9.17) is 37.4 Å². The molecule has 43 heavy (non-hydrogen) atoms. The van der Waals surface area contributed by atoms with Crippen LogP contribution in [-0.4, -0.2) is 36.3 Å². The number of esters is 1. The molecule has 5 aromatic rings. The molecule has 0 radical (unpaired) electrons. The van der Waals surface area contributed by atoms with Gasteiger partial charge in [0.05, 0.1) is 35.5 Å². The number of H-pyrrole nitrogens is 1. The Morgan fingerprint density at radius 2 is 1.58 bits per heavy atom. The first-order valence-corrected chi connectivity index (χ1v) is 14.3. The van der Waals surface area contributed by atoms with Crippen LogP contribution in [0.1, 0.15) is 40.3 Å². The number of nitrogens with one attached hydrogen (secondary N) is 2. The molecule has 0 saturated heterocycles. The van der Waals surface area contributed by atoms with Gasteiger partial charge >= 0.3 is 5.97 Å². The van der Waals surface area contributed by atoms with Gasteiger partial charge in [-0.3, -0.25) is 4.79 Å². The average molecular weight is 617 g/mol. The Kier molecular flexibility index (Phi) is 9.29. The molecule has 5 rings (SSSR count). The Balaban J connectivity index is 1.37. The van der Waals surface area contributed by atoms with Crippen LogP contribution in [0.5, 0.6) is 17.2 Å². The van der Waals surface area contributed by atoms with Crippen molar-refractivity contribution in [2.75, 3.05) is 13.2 Å². The first-order valence-electron chi connectivity index (χ1n) is 13.5. The van der Waals surface area contributed by atoms with Crippen molar-refractivity contribution in [2.45, 2.75) is 13.8 Å². The molecule has 0 aliphatic heterocycles. The summed E-state index contributed by atoms with van der Waals surface area (Å²) >= 11 is 12.7. The largest absolute Gasteiger partial charge is 0.490 e. The number of ether oxygens (including phenoxy) is 3. The second-order valence-corrected chi connectivity index (χ2v) is 10.0. The van der Waals surface area contributed by atoms with Crippen LogP contribution in [0.15, 0.2) is 90.0 Å². The fourth-order valence-corrected chi connectivity index (χ4v) is 5.07. The third-order valence-corrected chi connectivity index (χ3v) is 6.90. The van der Waals surface area contributed by atoms with Crippen molar-refractivity contribution >= 4 is 52.2 Å². The van der Waals surface area contributed by atoms with E-state index >= 15 is 0 Å². The lowest BCUT2D eigenvalue weighted by molar-refractivity contribution is 0.0733. The Labute approximate surface area is 258 Å². The predicted octanol–water partition coefficient (Wildman–Crippen LogP) is 7.92. The molecule has 1 amide bonds. The van der Waals surface area contributed by atoms with Crippen molar-refractivity contribution in [3.05, 3.63) is 112 Å². The van der Waals surface area contributed by atoms with E-state index in [0.717, 1.165) is 5.56 Å². The number of carbonyl (C=O) groups excluding carboxylic acids is 2. The molecule has 0 fully saturated rings. The van der Waals surface area contributed by atoms with Crippen molar-refractivity contribution in [3.63, 3.8) is 0 Å². The molecule has 0 unspecified atom stereocenters. The zero-order valence-electron chi connectivity index (χ0n) is 23.3. The number of fused-ring (bicyclic) bond motifs is 1. The number of nitrogens with zero attached hydrogens (tertiary/aromatic N) is 1. The van der Waals surface area contributed by atoms with Gasteiger partial charge < -0.3 is 19.2 Å². The Morgan fingerprint density at radius 3 is 2.35 bits per heavy atom. The van der Waals surface area contributed by atoms with E-state index < -0.39 is 11.9 Å². The fourth-order valence-electron chi connectivity index (χ4n) is 4.53. The molecular weight excluding hydrogens is 589 g/mol. The third-order valence-electron chi connectivity index (χ3n) is 6.38. The fraction of sp³-hybridized carbons (Fsp3) is 0.121. The highest BCUT2D eigenvalue weighted by molar-refractivity contribution is 6.39. The van der Waals surface area contributed by atoms with Crippen LogP contribution in [0, 0.1) is 0 Å². The first-order chi connectivity index (χ1) is 20.9. The minimum absolute atomic E-state index is 0.259. The number of amides is 1. The highest BCUT2D eigenvalue weighted by Gasteiger charge is 2.21. The molecule has 1 aromatic heterocycles. The van der Waals surface area contributed by atoms with Crippen LogP contribution in [0.2, 0.25) is 10.0 Å². The van der Waals surface area contributed by atoms with Gasteiger partial charge in [0.1, 0.15) is 11.4 Å². The topological polar surface area (TPSA) is 102 Å². The number of halogens is 2. The van der Waals surface area contributed by atoms with Gasteiger partial charge in [0.2, 0.25) is 0 Å². The number of benzene rings is 4. The monoisotopic (exact) mass is 615 g/mol. The number of carbonyl (C=O) groups is 2. The molecule has 2 N–H and O–H groups in total. The summed E-state index contributed by atoms with van der Waals surface area (Å²) in [5.74, 6) is 0.168. The Bertz CT molecular complexity index is 1820. The molecule has 0 spiro atoms. The summed E-state index contributed by atoms with van der Waals surface area (Å²) in [4.78, 5) is 29.5. The molecule has 0 bridgehead atoms. The molecule has 0 atom stereocenters. The highest BCUT2D eigenvalue weighted by Crippen LogP contribution is 2.37. The van der Waals surface area contributed by atoms with Crippen molar-refractivity contribution in [1.82, 2.24) is 10.4 Å². The molecule has 8 nitrogen and oxygen atoms in total. The summed E-state index contributed by atoms with van der Waals surface area (Å²) in [5, 5.41) is 5.68. The van der Waals surface area contributed by atoms with Crippen LogP contribution in [-0.2, 0) is 0 Å². The van der Waals surface area contributed by atoms with Gasteiger partial charge in [0.15, 0.2) is 11.5 Å². The molecule has 4 aromatic carbocycles. The molecule has 218 valence electrons. The summed E-state index contributed by atoms with van der Waals surface area (Å²) in [6.07, 6.45) is 1.40. The van der Waals surface area contributed by atoms with Crippen molar-refractivity contribution in [3.8, 4) is 28.4 Å². The average Bonchev–Trinajstić information content (AvgIpc) is 3.39. The molecule has 0 aliphatic carbocycles. The lowest BCUT2D eigenvalue weighted by atomic mass is 10.0. The summed E-state index contributed by atoms with van der Waals surface area (Å²) in [5.41, 5.74) is 5.62. The van der Waals surface area contributed by atoms with Crippen molar-refractivity contribution < 1.29 is 23.8 Å².